The molecule has 106 valence electrons. The van der Waals surface area contributed by atoms with Crippen molar-refractivity contribution in [3.8, 4) is 11.5 Å². The molecule has 0 fully saturated rings. The molecule has 0 aliphatic rings. The molecule has 0 aliphatic carbocycles. The molecule has 0 unspecified atom stereocenters. The lowest BCUT2D eigenvalue weighted by molar-refractivity contribution is 0.424. The molecule has 0 aliphatic heterocycles. The fourth-order valence-electron chi connectivity index (χ4n) is 2.13. The number of benzene rings is 2. The van der Waals surface area contributed by atoms with E-state index < -0.39 is 0 Å². The van der Waals surface area contributed by atoms with Gasteiger partial charge in [-0.1, -0.05) is 35.0 Å². The zero-order chi connectivity index (χ0) is 14.8. The summed E-state index contributed by atoms with van der Waals surface area (Å²) in [7, 11) is 0. The highest BCUT2D eigenvalue weighted by Gasteiger charge is 2.10. The molecule has 0 saturated heterocycles. The second-order valence-corrected chi connectivity index (χ2v) is 5.07. The Hall–Kier alpha value is -2.82. The molecular formula is C16H16N4O. The summed E-state index contributed by atoms with van der Waals surface area (Å²) in [5, 5.41) is 4.00. The molecular weight excluding hydrogens is 264 g/mol. The topological polar surface area (TPSA) is 91.0 Å². The fraction of sp³-hybridized carbons (Fsp3) is 0.125. The van der Waals surface area contributed by atoms with Gasteiger partial charge in [0.15, 0.2) is 5.82 Å². The van der Waals surface area contributed by atoms with E-state index in [1.807, 2.05) is 0 Å². The molecule has 4 N–H and O–H groups in total. The van der Waals surface area contributed by atoms with Gasteiger partial charge in [0.1, 0.15) is 0 Å². The lowest BCUT2D eigenvalue weighted by Gasteiger charge is -1.99. The average molecular weight is 280 g/mol. The zero-order valence-electron chi connectivity index (χ0n) is 11.7. The molecule has 5 heteroatoms. The largest absolute Gasteiger partial charge is 0.399 e. The van der Waals surface area contributed by atoms with Crippen LogP contribution in [-0.2, 0) is 6.42 Å². The molecule has 5 nitrogen and oxygen atoms in total. The van der Waals surface area contributed by atoms with Crippen molar-refractivity contribution >= 4 is 11.4 Å². The molecule has 3 rings (SSSR count). The Labute approximate surface area is 122 Å². The van der Waals surface area contributed by atoms with Gasteiger partial charge in [0.2, 0.25) is 0 Å². The number of nitrogen functional groups attached to an aromatic ring is 2. The number of rotatable bonds is 3. The molecule has 0 spiro atoms. The van der Waals surface area contributed by atoms with Crippen LogP contribution in [0.4, 0.5) is 11.4 Å². The smallest absolute Gasteiger partial charge is 0.258 e. The number of hydrogen-bond acceptors (Lipinski definition) is 5. The Morgan fingerprint density at radius 3 is 2.33 bits per heavy atom. The van der Waals surface area contributed by atoms with Crippen LogP contribution < -0.4 is 11.5 Å². The monoisotopic (exact) mass is 280 g/mol. The number of aromatic nitrogens is 2. The molecule has 0 atom stereocenters. The maximum Gasteiger partial charge on any atom is 0.258 e. The maximum atomic E-state index is 5.77. The van der Waals surface area contributed by atoms with Crippen LogP contribution in [0.25, 0.3) is 11.5 Å². The van der Waals surface area contributed by atoms with Gasteiger partial charge in [-0.25, -0.2) is 0 Å². The van der Waals surface area contributed by atoms with Crippen molar-refractivity contribution in [2.75, 3.05) is 11.5 Å². The predicted octanol–water partition coefficient (Wildman–Crippen LogP) is 2.80. The predicted molar refractivity (Wildman–Crippen MR) is 82.5 cm³/mol. The molecule has 2 aromatic carbocycles. The molecule has 0 saturated carbocycles. The van der Waals surface area contributed by atoms with Gasteiger partial charge in [0, 0.05) is 23.4 Å². The van der Waals surface area contributed by atoms with Crippen LogP contribution in [0, 0.1) is 6.92 Å². The van der Waals surface area contributed by atoms with Gasteiger partial charge in [0.25, 0.3) is 5.89 Å². The van der Waals surface area contributed by atoms with Gasteiger partial charge in [0.05, 0.1) is 0 Å². The number of nitrogens with zero attached hydrogens (tertiary/aromatic N) is 2. The van der Waals surface area contributed by atoms with E-state index in [2.05, 4.69) is 41.3 Å². The van der Waals surface area contributed by atoms with E-state index in [9.17, 15) is 0 Å². The van der Waals surface area contributed by atoms with Crippen molar-refractivity contribution in [3.63, 3.8) is 0 Å². The van der Waals surface area contributed by atoms with Gasteiger partial charge in [-0.2, -0.15) is 4.98 Å². The lowest BCUT2D eigenvalue weighted by atomic mass is 10.1. The molecule has 0 radical (unpaired) electrons. The van der Waals surface area contributed by atoms with Crippen molar-refractivity contribution in [1.82, 2.24) is 10.1 Å². The minimum absolute atomic E-state index is 0.427. The summed E-state index contributed by atoms with van der Waals surface area (Å²) in [6.45, 7) is 2.06. The highest BCUT2D eigenvalue weighted by molar-refractivity contribution is 5.67. The minimum atomic E-state index is 0.427. The summed E-state index contributed by atoms with van der Waals surface area (Å²) in [6.07, 6.45) is 0.627. The maximum absolute atomic E-state index is 5.77. The summed E-state index contributed by atoms with van der Waals surface area (Å²) in [5.74, 6) is 1.06. The highest BCUT2D eigenvalue weighted by atomic mass is 16.5. The van der Waals surface area contributed by atoms with Crippen molar-refractivity contribution in [3.05, 3.63) is 59.4 Å². The van der Waals surface area contributed by atoms with E-state index in [1.54, 1.807) is 18.2 Å². The Morgan fingerprint density at radius 1 is 1.00 bits per heavy atom. The molecule has 1 heterocycles. The van der Waals surface area contributed by atoms with Crippen molar-refractivity contribution in [2.24, 2.45) is 0 Å². The average Bonchev–Trinajstić information content (AvgIpc) is 2.89. The Kier molecular flexibility index (Phi) is 3.31. The summed E-state index contributed by atoms with van der Waals surface area (Å²) in [5.41, 5.74) is 15.8. The van der Waals surface area contributed by atoms with Gasteiger partial charge < -0.3 is 16.0 Å². The second kappa shape index (κ2) is 5.28. The standard InChI is InChI=1S/C16H16N4O/c1-10-2-4-11(5-3-10)6-15-19-16(21-20-15)12-7-13(17)9-14(18)8-12/h2-5,7-9H,6,17-18H2,1H3. The normalized spacial score (nSPS) is 10.7. The van der Waals surface area contributed by atoms with Crippen molar-refractivity contribution in [1.29, 1.82) is 0 Å². The summed E-state index contributed by atoms with van der Waals surface area (Å²) in [6, 6.07) is 13.5. The van der Waals surface area contributed by atoms with E-state index in [4.69, 9.17) is 16.0 Å². The molecule has 1 aromatic heterocycles. The number of anilines is 2. The van der Waals surface area contributed by atoms with Crippen LogP contribution in [0.15, 0.2) is 47.0 Å². The van der Waals surface area contributed by atoms with E-state index in [0.29, 0.717) is 29.5 Å². The lowest BCUT2D eigenvalue weighted by Crippen LogP contribution is -1.92. The highest BCUT2D eigenvalue weighted by Crippen LogP contribution is 2.23. The van der Waals surface area contributed by atoms with Crippen LogP contribution in [0.5, 0.6) is 0 Å². The van der Waals surface area contributed by atoms with Crippen LogP contribution >= 0.6 is 0 Å². The molecule has 3 aromatic rings. The number of hydrogen-bond donors (Lipinski definition) is 2. The molecule has 21 heavy (non-hydrogen) atoms. The van der Waals surface area contributed by atoms with Crippen molar-refractivity contribution in [2.45, 2.75) is 13.3 Å². The summed E-state index contributed by atoms with van der Waals surface area (Å²) in [4.78, 5) is 4.39. The Bertz CT molecular complexity index is 742. The third-order valence-electron chi connectivity index (χ3n) is 3.18. The van der Waals surface area contributed by atoms with Crippen LogP contribution in [0.2, 0.25) is 0 Å². The van der Waals surface area contributed by atoms with E-state index in [0.717, 1.165) is 11.1 Å². The van der Waals surface area contributed by atoms with E-state index in [1.165, 1.54) is 5.56 Å². The van der Waals surface area contributed by atoms with Crippen LogP contribution in [-0.4, -0.2) is 10.1 Å². The summed E-state index contributed by atoms with van der Waals surface area (Å²) >= 11 is 0. The number of aryl methyl sites for hydroxylation is 1. The third kappa shape index (κ3) is 3.02. The first-order valence-corrected chi connectivity index (χ1v) is 6.65. The Balaban J connectivity index is 1.84. The quantitative estimate of drug-likeness (QED) is 0.720. The molecule has 0 bridgehead atoms. The van der Waals surface area contributed by atoms with Gasteiger partial charge in [-0.3, -0.25) is 0 Å². The second-order valence-electron chi connectivity index (χ2n) is 5.07. The fourth-order valence-corrected chi connectivity index (χ4v) is 2.13. The van der Waals surface area contributed by atoms with E-state index >= 15 is 0 Å². The first kappa shape index (κ1) is 13.2. The third-order valence-corrected chi connectivity index (χ3v) is 3.18. The van der Waals surface area contributed by atoms with Crippen molar-refractivity contribution < 1.29 is 4.52 Å². The zero-order valence-corrected chi connectivity index (χ0v) is 11.7. The van der Waals surface area contributed by atoms with Gasteiger partial charge in [-0.05, 0) is 30.7 Å². The van der Waals surface area contributed by atoms with Crippen LogP contribution in [0.1, 0.15) is 17.0 Å². The van der Waals surface area contributed by atoms with Gasteiger partial charge >= 0.3 is 0 Å². The van der Waals surface area contributed by atoms with Gasteiger partial charge in [-0.15, -0.1) is 0 Å². The number of nitrogens with two attached hydrogens (primary N) is 2. The minimum Gasteiger partial charge on any atom is -0.399 e. The Morgan fingerprint density at radius 2 is 1.67 bits per heavy atom. The molecule has 0 amide bonds. The SMILES string of the molecule is Cc1ccc(Cc2noc(-c3cc(N)cc(N)c3)n2)cc1. The first-order valence-electron chi connectivity index (χ1n) is 6.65. The van der Waals surface area contributed by atoms with E-state index in [-0.39, 0.29) is 0 Å². The van der Waals surface area contributed by atoms with Crippen LogP contribution in [0.3, 0.4) is 0 Å². The first-order chi connectivity index (χ1) is 10.1. The summed E-state index contributed by atoms with van der Waals surface area (Å²) < 4.78 is 5.28.